The molecule has 2 aromatic heterocycles. The fourth-order valence-electron chi connectivity index (χ4n) is 3.94. The van der Waals surface area contributed by atoms with Crippen LogP contribution in [0.2, 0.25) is 5.02 Å². The number of aromatic amines is 1. The summed E-state index contributed by atoms with van der Waals surface area (Å²) in [5.41, 5.74) is 1.83. The van der Waals surface area contributed by atoms with Gasteiger partial charge in [0.1, 0.15) is 4.70 Å². The molecule has 0 radical (unpaired) electrons. The van der Waals surface area contributed by atoms with Gasteiger partial charge in [0.25, 0.3) is 5.56 Å². The number of aromatic nitrogens is 2. The highest BCUT2D eigenvalue weighted by molar-refractivity contribution is 7.71. The highest BCUT2D eigenvalue weighted by Crippen LogP contribution is 2.30. The third-order valence-corrected chi connectivity index (χ3v) is 7.11. The molecular formula is C21H22ClN3O2S2. The first kappa shape index (κ1) is 20.3. The van der Waals surface area contributed by atoms with E-state index < -0.39 is 0 Å². The molecule has 1 amide bonds. The highest BCUT2D eigenvalue weighted by Gasteiger charge is 2.27. The fraction of sp³-hybridized carbons (Fsp3) is 0.381. The van der Waals surface area contributed by atoms with Gasteiger partial charge in [0, 0.05) is 24.0 Å². The molecule has 0 aliphatic heterocycles. The van der Waals surface area contributed by atoms with E-state index in [0.717, 1.165) is 36.8 Å². The summed E-state index contributed by atoms with van der Waals surface area (Å²) in [5, 5.41) is 5.62. The van der Waals surface area contributed by atoms with Gasteiger partial charge in [0.2, 0.25) is 5.91 Å². The van der Waals surface area contributed by atoms with Crippen LogP contribution in [0, 0.1) is 16.6 Å². The number of amides is 1. The number of H-pyrrole nitrogens is 1. The number of fused-ring (bicyclic) bond motifs is 1. The van der Waals surface area contributed by atoms with Gasteiger partial charge in [0.05, 0.1) is 5.52 Å². The van der Waals surface area contributed by atoms with Crippen molar-refractivity contribution < 1.29 is 4.79 Å². The molecule has 4 rings (SSSR count). The summed E-state index contributed by atoms with van der Waals surface area (Å²) >= 11 is 12.7. The van der Waals surface area contributed by atoms with Crippen molar-refractivity contribution in [1.82, 2.24) is 14.9 Å². The van der Waals surface area contributed by atoms with E-state index >= 15 is 0 Å². The van der Waals surface area contributed by atoms with E-state index in [9.17, 15) is 9.59 Å². The van der Waals surface area contributed by atoms with Gasteiger partial charge in [-0.15, -0.1) is 11.3 Å². The molecule has 0 bridgehead atoms. The van der Waals surface area contributed by atoms with Crippen LogP contribution in [-0.2, 0) is 17.9 Å². The Morgan fingerprint density at radius 2 is 1.93 bits per heavy atom. The number of nitrogens with one attached hydrogen (secondary N) is 2. The Bertz CT molecular complexity index is 1130. The molecule has 1 aromatic carbocycles. The average Bonchev–Trinajstić information content (AvgIpc) is 3.19. The lowest BCUT2D eigenvalue weighted by molar-refractivity contribution is -0.126. The third kappa shape index (κ3) is 4.63. The number of rotatable bonds is 5. The standard InChI is InChI=1S/C21H22ClN3O2S2/c22-16-7-3-13(4-8-16)11-23-19(26)15-5-1-14(2-6-15)12-25-20(27)18-17(9-10-29-18)24-21(25)28/h3-4,7-10,14-15H,1-2,5-6,11-12H2,(H,23,26)(H,24,28). The molecule has 2 heterocycles. The van der Waals surface area contributed by atoms with Crippen LogP contribution in [0.5, 0.6) is 0 Å². The van der Waals surface area contributed by atoms with Gasteiger partial charge in [-0.1, -0.05) is 23.7 Å². The predicted molar refractivity (Wildman–Crippen MR) is 120 cm³/mol. The van der Waals surface area contributed by atoms with Crippen LogP contribution in [-0.4, -0.2) is 15.5 Å². The lowest BCUT2D eigenvalue weighted by Gasteiger charge is -2.28. The Hall–Kier alpha value is -1.96. The van der Waals surface area contributed by atoms with Crippen LogP contribution in [0.3, 0.4) is 0 Å². The number of carbonyl (C=O) groups is 1. The lowest BCUT2D eigenvalue weighted by Crippen LogP contribution is -2.34. The Kier molecular flexibility index (Phi) is 6.18. The summed E-state index contributed by atoms with van der Waals surface area (Å²) in [7, 11) is 0. The Labute approximate surface area is 182 Å². The molecular weight excluding hydrogens is 426 g/mol. The minimum absolute atomic E-state index is 0.0124. The molecule has 1 aliphatic carbocycles. The SMILES string of the molecule is O=C(NCc1ccc(Cl)cc1)C1CCC(Cn2c(=S)[nH]c3ccsc3c2=O)CC1. The molecule has 1 aliphatic rings. The van der Waals surface area contributed by atoms with Crippen LogP contribution in [0.25, 0.3) is 10.2 Å². The van der Waals surface area contributed by atoms with E-state index in [1.165, 1.54) is 11.3 Å². The van der Waals surface area contributed by atoms with Crippen molar-refractivity contribution in [3.05, 3.63) is 61.4 Å². The van der Waals surface area contributed by atoms with Crippen molar-refractivity contribution in [2.24, 2.45) is 11.8 Å². The summed E-state index contributed by atoms with van der Waals surface area (Å²) in [4.78, 5) is 28.4. The van der Waals surface area contributed by atoms with Crippen molar-refractivity contribution in [3.8, 4) is 0 Å². The maximum Gasteiger partial charge on any atom is 0.272 e. The first-order chi connectivity index (χ1) is 14.0. The van der Waals surface area contributed by atoms with Crippen LogP contribution in [0.15, 0.2) is 40.5 Å². The van der Waals surface area contributed by atoms with Crippen LogP contribution in [0.4, 0.5) is 0 Å². The molecule has 1 saturated carbocycles. The molecule has 29 heavy (non-hydrogen) atoms. The smallest absolute Gasteiger partial charge is 0.272 e. The van der Waals surface area contributed by atoms with Crippen molar-refractivity contribution in [1.29, 1.82) is 0 Å². The number of halogens is 1. The summed E-state index contributed by atoms with van der Waals surface area (Å²) < 4.78 is 2.87. The minimum atomic E-state index is -0.0124. The molecule has 3 aromatic rings. The third-order valence-electron chi connectivity index (χ3n) is 5.63. The van der Waals surface area contributed by atoms with Gasteiger partial charge >= 0.3 is 0 Å². The first-order valence-electron chi connectivity index (χ1n) is 9.74. The average molecular weight is 448 g/mol. The van der Waals surface area contributed by atoms with Gasteiger partial charge < -0.3 is 10.3 Å². The van der Waals surface area contributed by atoms with Crippen molar-refractivity contribution in [3.63, 3.8) is 0 Å². The normalized spacial score (nSPS) is 19.3. The molecule has 8 heteroatoms. The number of hydrogen-bond acceptors (Lipinski definition) is 4. The zero-order valence-corrected chi connectivity index (χ0v) is 18.2. The van der Waals surface area contributed by atoms with Gasteiger partial charge in [-0.2, -0.15) is 0 Å². The second-order valence-electron chi connectivity index (χ2n) is 7.57. The topological polar surface area (TPSA) is 66.9 Å². The maximum atomic E-state index is 12.7. The van der Waals surface area contributed by atoms with Crippen LogP contribution >= 0.6 is 35.2 Å². The molecule has 2 N–H and O–H groups in total. The molecule has 5 nitrogen and oxygen atoms in total. The Morgan fingerprint density at radius 1 is 1.21 bits per heavy atom. The fourth-order valence-corrected chi connectivity index (χ4v) is 5.13. The summed E-state index contributed by atoms with van der Waals surface area (Å²) in [6.45, 7) is 1.13. The molecule has 0 atom stereocenters. The van der Waals surface area contributed by atoms with E-state index in [-0.39, 0.29) is 17.4 Å². The second-order valence-corrected chi connectivity index (χ2v) is 9.31. The van der Waals surface area contributed by atoms with Crippen molar-refractivity contribution in [2.75, 3.05) is 0 Å². The number of hydrogen-bond donors (Lipinski definition) is 2. The largest absolute Gasteiger partial charge is 0.352 e. The summed E-state index contributed by atoms with van der Waals surface area (Å²) in [6, 6.07) is 9.38. The molecule has 0 unspecified atom stereocenters. The van der Waals surface area contributed by atoms with E-state index in [1.54, 1.807) is 4.57 Å². The van der Waals surface area contributed by atoms with E-state index in [1.807, 2.05) is 35.7 Å². The van der Waals surface area contributed by atoms with Gasteiger partial charge in [-0.25, -0.2) is 0 Å². The molecule has 152 valence electrons. The number of thiophene rings is 1. The lowest BCUT2D eigenvalue weighted by atomic mass is 9.81. The minimum Gasteiger partial charge on any atom is -0.352 e. The molecule has 0 saturated heterocycles. The van der Waals surface area contributed by atoms with E-state index in [4.69, 9.17) is 23.8 Å². The quantitative estimate of drug-likeness (QED) is 0.547. The highest BCUT2D eigenvalue weighted by atomic mass is 35.5. The summed E-state index contributed by atoms with van der Waals surface area (Å²) in [6.07, 6.45) is 3.51. The van der Waals surface area contributed by atoms with Crippen LogP contribution < -0.4 is 10.9 Å². The van der Waals surface area contributed by atoms with Gasteiger partial charge in [-0.3, -0.25) is 14.2 Å². The first-order valence-corrected chi connectivity index (χ1v) is 11.4. The van der Waals surface area contributed by atoms with E-state index in [2.05, 4.69) is 10.3 Å². The second kappa shape index (κ2) is 8.81. The zero-order chi connectivity index (χ0) is 20.4. The monoisotopic (exact) mass is 447 g/mol. The van der Waals surface area contributed by atoms with Crippen molar-refractivity contribution in [2.45, 2.75) is 38.8 Å². The van der Waals surface area contributed by atoms with Crippen LogP contribution in [0.1, 0.15) is 31.2 Å². The molecule has 1 fully saturated rings. The number of benzene rings is 1. The Balaban J connectivity index is 1.32. The number of carbonyl (C=O) groups excluding carboxylic acids is 1. The van der Waals surface area contributed by atoms with E-state index in [0.29, 0.717) is 33.5 Å². The predicted octanol–water partition coefficient (Wildman–Crippen LogP) is 4.90. The molecule has 0 spiro atoms. The zero-order valence-electron chi connectivity index (χ0n) is 15.8. The van der Waals surface area contributed by atoms with Gasteiger partial charge in [-0.05, 0) is 73.0 Å². The van der Waals surface area contributed by atoms with Crippen molar-refractivity contribution >= 4 is 51.3 Å². The summed E-state index contributed by atoms with van der Waals surface area (Å²) in [5.74, 6) is 0.498. The van der Waals surface area contributed by atoms with Gasteiger partial charge in [0.15, 0.2) is 4.77 Å². The maximum absolute atomic E-state index is 12.7. The Morgan fingerprint density at radius 3 is 2.66 bits per heavy atom. The number of nitrogens with zero attached hydrogens (tertiary/aromatic N) is 1.